The Labute approximate surface area is 145 Å². The number of rotatable bonds is 3. The largest absolute Gasteiger partial charge is 0.352 e. The predicted molar refractivity (Wildman–Crippen MR) is 91.6 cm³/mol. The van der Waals surface area contributed by atoms with Crippen molar-refractivity contribution < 1.29 is 14.3 Å². The fourth-order valence-corrected chi connectivity index (χ4v) is 5.37. The Morgan fingerprint density at radius 3 is 2.50 bits per heavy atom. The van der Waals surface area contributed by atoms with Crippen LogP contribution < -0.4 is 5.32 Å². The van der Waals surface area contributed by atoms with Crippen LogP contribution in [0.4, 0.5) is 0 Å². The molecular formula is C19H32N2O3. The molecule has 136 valence electrons. The molecule has 1 amide bonds. The Bertz CT molecular complexity index is 438. The number of nitrogens with zero attached hydrogens (tertiary/aromatic N) is 1. The normalized spacial score (nSPS) is 34.2. The Kier molecular flexibility index (Phi) is 5.11. The van der Waals surface area contributed by atoms with Crippen molar-refractivity contribution in [2.24, 2.45) is 5.92 Å². The first-order valence-corrected chi connectivity index (χ1v) is 10.1. The van der Waals surface area contributed by atoms with Gasteiger partial charge in [0.15, 0.2) is 5.79 Å². The fourth-order valence-electron chi connectivity index (χ4n) is 5.37. The highest BCUT2D eigenvalue weighted by Gasteiger charge is 2.41. The third-order valence-electron chi connectivity index (χ3n) is 6.63. The summed E-state index contributed by atoms with van der Waals surface area (Å²) < 4.78 is 11.5. The van der Waals surface area contributed by atoms with Gasteiger partial charge in [-0.05, 0) is 51.0 Å². The summed E-state index contributed by atoms with van der Waals surface area (Å²) in [6.45, 7) is 3.13. The molecule has 4 aliphatic rings. The molecule has 2 saturated carbocycles. The van der Waals surface area contributed by atoms with Crippen molar-refractivity contribution in [1.29, 1.82) is 0 Å². The van der Waals surface area contributed by atoms with Crippen LogP contribution in [0.5, 0.6) is 0 Å². The molecule has 2 heterocycles. The van der Waals surface area contributed by atoms with E-state index < -0.39 is 0 Å². The molecule has 0 aromatic carbocycles. The molecule has 0 aromatic heterocycles. The number of likely N-dealkylation sites (tertiary alicyclic amines) is 1. The summed E-state index contributed by atoms with van der Waals surface area (Å²) >= 11 is 0. The molecule has 24 heavy (non-hydrogen) atoms. The lowest BCUT2D eigenvalue weighted by Crippen LogP contribution is -2.52. The van der Waals surface area contributed by atoms with Crippen LogP contribution in [0.2, 0.25) is 0 Å². The molecule has 2 atom stereocenters. The van der Waals surface area contributed by atoms with Crippen molar-refractivity contribution in [3.63, 3.8) is 0 Å². The maximum Gasteiger partial charge on any atom is 0.234 e. The molecule has 4 rings (SSSR count). The first-order valence-electron chi connectivity index (χ1n) is 10.1. The molecule has 0 bridgehead atoms. The minimum atomic E-state index is -0.330. The maximum atomic E-state index is 12.6. The second-order valence-corrected chi connectivity index (χ2v) is 8.17. The lowest BCUT2D eigenvalue weighted by molar-refractivity contribution is -0.180. The highest BCUT2D eigenvalue weighted by molar-refractivity contribution is 5.78. The molecule has 1 N–H and O–H groups in total. The Morgan fingerprint density at radius 2 is 1.71 bits per heavy atom. The van der Waals surface area contributed by atoms with Gasteiger partial charge in [0.05, 0.1) is 19.8 Å². The van der Waals surface area contributed by atoms with Gasteiger partial charge in [-0.2, -0.15) is 0 Å². The van der Waals surface area contributed by atoms with Gasteiger partial charge in [-0.3, -0.25) is 9.69 Å². The van der Waals surface area contributed by atoms with Crippen LogP contribution in [0.15, 0.2) is 0 Å². The van der Waals surface area contributed by atoms with Crippen LogP contribution in [-0.2, 0) is 14.3 Å². The highest BCUT2D eigenvalue weighted by Crippen LogP contribution is 2.36. The lowest BCUT2D eigenvalue weighted by Gasteiger charge is -2.44. The monoisotopic (exact) mass is 336 g/mol. The van der Waals surface area contributed by atoms with Gasteiger partial charge < -0.3 is 14.8 Å². The third-order valence-corrected chi connectivity index (χ3v) is 6.63. The number of carbonyl (C=O) groups excluding carboxylic acids is 1. The average Bonchev–Trinajstić information content (AvgIpc) is 3.06. The number of carbonyl (C=O) groups is 1. The molecule has 0 radical (unpaired) electrons. The number of amides is 1. The minimum absolute atomic E-state index is 0.218. The van der Waals surface area contributed by atoms with Gasteiger partial charge in [0.2, 0.25) is 5.91 Å². The van der Waals surface area contributed by atoms with E-state index in [1.807, 2.05) is 0 Å². The molecular weight excluding hydrogens is 304 g/mol. The van der Waals surface area contributed by atoms with E-state index in [4.69, 9.17) is 9.47 Å². The van der Waals surface area contributed by atoms with E-state index >= 15 is 0 Å². The van der Waals surface area contributed by atoms with E-state index in [1.165, 1.54) is 38.5 Å². The zero-order valence-corrected chi connectivity index (χ0v) is 14.8. The van der Waals surface area contributed by atoms with Crippen LogP contribution in [0, 0.1) is 5.92 Å². The number of hydrogen-bond acceptors (Lipinski definition) is 4. The summed E-state index contributed by atoms with van der Waals surface area (Å²) in [6.07, 6.45) is 11.8. The summed E-state index contributed by atoms with van der Waals surface area (Å²) in [7, 11) is 0. The van der Waals surface area contributed by atoms with Crippen molar-refractivity contribution in [1.82, 2.24) is 10.2 Å². The van der Waals surface area contributed by atoms with Crippen LogP contribution >= 0.6 is 0 Å². The molecule has 5 heteroatoms. The SMILES string of the molecule is O=C(CN1CCC[C@@H]2CCCC[C@H]21)NC1CCC2(CC1)OCCO2. The van der Waals surface area contributed by atoms with Gasteiger partial charge in [-0.25, -0.2) is 0 Å². The van der Waals surface area contributed by atoms with Crippen LogP contribution in [0.25, 0.3) is 0 Å². The molecule has 2 saturated heterocycles. The van der Waals surface area contributed by atoms with Gasteiger partial charge in [0.25, 0.3) is 0 Å². The molecule has 1 spiro atoms. The first kappa shape index (κ1) is 16.8. The molecule has 2 aliphatic carbocycles. The Morgan fingerprint density at radius 1 is 1.00 bits per heavy atom. The van der Waals surface area contributed by atoms with E-state index in [2.05, 4.69) is 10.2 Å². The van der Waals surface area contributed by atoms with E-state index in [-0.39, 0.29) is 11.7 Å². The summed E-state index contributed by atoms with van der Waals surface area (Å²) in [4.78, 5) is 15.0. The highest BCUT2D eigenvalue weighted by atomic mass is 16.7. The van der Waals surface area contributed by atoms with E-state index in [0.717, 1.165) is 38.1 Å². The topological polar surface area (TPSA) is 50.8 Å². The fraction of sp³-hybridized carbons (Fsp3) is 0.947. The average molecular weight is 336 g/mol. The summed E-state index contributed by atoms with van der Waals surface area (Å²) in [6, 6.07) is 0.955. The smallest absolute Gasteiger partial charge is 0.234 e. The zero-order chi connectivity index (χ0) is 16.4. The van der Waals surface area contributed by atoms with Gasteiger partial charge in [0.1, 0.15) is 0 Å². The Balaban J connectivity index is 1.24. The van der Waals surface area contributed by atoms with Gasteiger partial charge >= 0.3 is 0 Å². The van der Waals surface area contributed by atoms with Crippen LogP contribution in [0.3, 0.4) is 0 Å². The standard InChI is InChI=1S/C19H32N2O3/c22-18(14-21-11-3-5-15-4-1-2-6-17(15)21)20-16-7-9-19(10-8-16)23-12-13-24-19/h15-17H,1-14H2,(H,20,22)/t15-,17+/m0/s1. The van der Waals surface area contributed by atoms with E-state index in [9.17, 15) is 4.79 Å². The van der Waals surface area contributed by atoms with Crippen LogP contribution in [-0.4, -0.2) is 55.0 Å². The summed E-state index contributed by atoms with van der Waals surface area (Å²) in [5.74, 6) is 0.727. The van der Waals surface area contributed by atoms with Crippen molar-refractivity contribution in [2.45, 2.75) is 82.1 Å². The second-order valence-electron chi connectivity index (χ2n) is 8.17. The van der Waals surface area contributed by atoms with Crippen molar-refractivity contribution in [3.05, 3.63) is 0 Å². The van der Waals surface area contributed by atoms with E-state index in [0.29, 0.717) is 31.8 Å². The summed E-state index contributed by atoms with van der Waals surface area (Å²) in [5.41, 5.74) is 0. The summed E-state index contributed by atoms with van der Waals surface area (Å²) in [5, 5.41) is 3.28. The molecule has 5 nitrogen and oxygen atoms in total. The molecule has 2 aliphatic heterocycles. The third kappa shape index (κ3) is 3.63. The first-order chi connectivity index (χ1) is 11.7. The number of nitrogens with one attached hydrogen (secondary N) is 1. The van der Waals surface area contributed by atoms with Crippen molar-refractivity contribution in [2.75, 3.05) is 26.3 Å². The number of piperidine rings is 1. The lowest BCUT2D eigenvalue weighted by atomic mass is 9.78. The van der Waals surface area contributed by atoms with Gasteiger partial charge in [-0.15, -0.1) is 0 Å². The number of fused-ring (bicyclic) bond motifs is 1. The van der Waals surface area contributed by atoms with Gasteiger partial charge in [-0.1, -0.05) is 12.8 Å². The molecule has 0 unspecified atom stereocenters. The maximum absolute atomic E-state index is 12.6. The molecule has 4 fully saturated rings. The van der Waals surface area contributed by atoms with Crippen molar-refractivity contribution >= 4 is 5.91 Å². The molecule has 0 aromatic rings. The Hall–Kier alpha value is -0.650. The van der Waals surface area contributed by atoms with Gasteiger partial charge in [0, 0.05) is 24.9 Å². The van der Waals surface area contributed by atoms with Crippen molar-refractivity contribution in [3.8, 4) is 0 Å². The van der Waals surface area contributed by atoms with Crippen LogP contribution in [0.1, 0.15) is 64.2 Å². The number of hydrogen-bond donors (Lipinski definition) is 1. The zero-order valence-electron chi connectivity index (χ0n) is 14.8. The quantitative estimate of drug-likeness (QED) is 0.860. The predicted octanol–water partition coefficient (Wildman–Crippen LogP) is 2.44. The van der Waals surface area contributed by atoms with E-state index in [1.54, 1.807) is 0 Å². The number of ether oxygens (including phenoxy) is 2. The second kappa shape index (κ2) is 7.30. The minimum Gasteiger partial charge on any atom is -0.352 e.